The second-order valence-electron chi connectivity index (χ2n) is 3.49. The third-order valence-electron chi connectivity index (χ3n) is 2.15. The number of carbonyl (C=O) groups excluding carboxylic acids is 1. The van der Waals surface area contributed by atoms with Gasteiger partial charge in [-0.3, -0.25) is 4.79 Å². The van der Waals surface area contributed by atoms with Crippen molar-refractivity contribution >= 4 is 26.0 Å². The molecule has 1 aromatic carbocycles. The first-order valence-electron chi connectivity index (χ1n) is 4.50. The number of benzene rings is 1. The van der Waals surface area contributed by atoms with E-state index in [9.17, 15) is 39.6 Å². The van der Waals surface area contributed by atoms with Gasteiger partial charge in [0.25, 0.3) is 9.05 Å². The van der Waals surface area contributed by atoms with E-state index >= 15 is 0 Å². The third kappa shape index (κ3) is 3.42. The predicted octanol–water partition coefficient (Wildman–Crippen LogP) is 3.46. The molecule has 0 unspecified atom stereocenters. The second-order valence-corrected chi connectivity index (χ2v) is 6.02. The molecule has 0 spiro atoms. The lowest BCUT2D eigenvalue weighted by molar-refractivity contribution is -0.144. The first kappa shape index (κ1) is 16.8. The van der Waals surface area contributed by atoms with Crippen LogP contribution in [0.4, 0.5) is 26.3 Å². The van der Waals surface area contributed by atoms with E-state index in [0.29, 0.717) is 0 Å². The molecule has 0 aromatic heterocycles. The summed E-state index contributed by atoms with van der Waals surface area (Å²) in [6.45, 7) is 0. The van der Waals surface area contributed by atoms with E-state index in [0.717, 1.165) is 0 Å². The maximum atomic E-state index is 12.6. The maximum Gasteiger partial charge on any atom is 0.417 e. The summed E-state index contributed by atoms with van der Waals surface area (Å²) in [5.74, 6) is 0. The molecule has 0 atom stereocenters. The van der Waals surface area contributed by atoms with Gasteiger partial charge in [0.05, 0.1) is 16.0 Å². The Kier molecular flexibility index (Phi) is 4.12. The van der Waals surface area contributed by atoms with Crippen molar-refractivity contribution in [3.05, 3.63) is 28.8 Å². The molecule has 0 radical (unpaired) electrons. The minimum absolute atomic E-state index is 0.0546. The summed E-state index contributed by atoms with van der Waals surface area (Å²) < 4.78 is 97.4. The van der Waals surface area contributed by atoms with Gasteiger partial charge in [0.1, 0.15) is 0 Å². The Labute approximate surface area is 112 Å². The fraction of sp³-hybridized carbons (Fsp3) is 0.222. The first-order valence-corrected chi connectivity index (χ1v) is 6.81. The number of carbonyl (C=O) groups is 1. The van der Waals surface area contributed by atoms with Crippen LogP contribution in [0.15, 0.2) is 17.0 Å². The Bertz CT molecular complexity index is 647. The van der Waals surface area contributed by atoms with E-state index in [4.69, 9.17) is 10.7 Å². The average Bonchev–Trinajstić information content (AvgIpc) is 2.23. The molecule has 1 aromatic rings. The molecule has 0 heterocycles. The van der Waals surface area contributed by atoms with Crippen molar-refractivity contribution in [1.29, 1.82) is 0 Å². The van der Waals surface area contributed by atoms with Gasteiger partial charge >= 0.3 is 12.4 Å². The van der Waals surface area contributed by atoms with Crippen LogP contribution in [0.25, 0.3) is 0 Å². The Balaban J connectivity index is 3.86. The van der Waals surface area contributed by atoms with E-state index < -0.39 is 55.3 Å². The van der Waals surface area contributed by atoms with Gasteiger partial charge in [-0.25, -0.2) is 8.42 Å². The van der Waals surface area contributed by atoms with Gasteiger partial charge in [-0.1, -0.05) is 0 Å². The van der Waals surface area contributed by atoms with Gasteiger partial charge in [0, 0.05) is 16.2 Å². The van der Waals surface area contributed by atoms with E-state index in [1.54, 1.807) is 0 Å². The number of alkyl halides is 6. The molecule has 0 saturated carbocycles. The van der Waals surface area contributed by atoms with Gasteiger partial charge in [0.2, 0.25) is 0 Å². The summed E-state index contributed by atoms with van der Waals surface area (Å²) in [6, 6.07) is -0.514. The van der Waals surface area contributed by atoms with Crippen LogP contribution in [0, 0.1) is 0 Å². The van der Waals surface area contributed by atoms with Crippen LogP contribution in [0.5, 0.6) is 0 Å². The molecule has 0 amide bonds. The normalized spacial score (nSPS) is 13.3. The Morgan fingerprint density at radius 1 is 0.950 bits per heavy atom. The molecule has 0 aliphatic carbocycles. The quantitative estimate of drug-likeness (QED) is 0.470. The van der Waals surface area contributed by atoms with Crippen LogP contribution in [0.3, 0.4) is 0 Å². The lowest BCUT2D eigenvalue weighted by Gasteiger charge is -2.16. The summed E-state index contributed by atoms with van der Waals surface area (Å²) in [5.41, 5.74) is -5.25. The van der Waals surface area contributed by atoms with Crippen molar-refractivity contribution < 1.29 is 39.6 Å². The van der Waals surface area contributed by atoms with Gasteiger partial charge < -0.3 is 0 Å². The highest BCUT2D eigenvalue weighted by Gasteiger charge is 2.42. The first-order chi connectivity index (χ1) is 8.78. The molecule has 0 bridgehead atoms. The fourth-order valence-electron chi connectivity index (χ4n) is 1.36. The van der Waals surface area contributed by atoms with Gasteiger partial charge in [0.15, 0.2) is 6.29 Å². The van der Waals surface area contributed by atoms with E-state index in [1.165, 1.54) is 0 Å². The molecular weight excluding hydrogens is 338 g/mol. The molecule has 0 saturated heterocycles. The van der Waals surface area contributed by atoms with Gasteiger partial charge in [-0.2, -0.15) is 26.3 Å². The topological polar surface area (TPSA) is 51.2 Å². The summed E-state index contributed by atoms with van der Waals surface area (Å²) in [7, 11) is -0.245. The molecule has 11 heteroatoms. The molecule has 0 aliphatic heterocycles. The zero-order valence-corrected chi connectivity index (χ0v) is 10.6. The molecule has 0 aliphatic rings. The zero-order valence-electron chi connectivity index (χ0n) is 9.01. The minimum Gasteiger partial charge on any atom is -0.298 e. The van der Waals surface area contributed by atoms with E-state index in [2.05, 4.69) is 0 Å². The summed E-state index contributed by atoms with van der Waals surface area (Å²) >= 11 is 0. The number of halogens is 7. The molecule has 3 nitrogen and oxygen atoms in total. The molecule has 0 fully saturated rings. The lowest BCUT2D eigenvalue weighted by Crippen LogP contribution is -2.17. The minimum atomic E-state index is -5.39. The Morgan fingerprint density at radius 3 is 1.70 bits per heavy atom. The SMILES string of the molecule is O=Cc1cc(S(=O)(=O)Cl)c(C(F)(F)F)cc1C(F)(F)F. The molecule has 0 N–H and O–H groups in total. The highest BCUT2D eigenvalue weighted by Crippen LogP contribution is 2.41. The van der Waals surface area contributed by atoms with Gasteiger partial charge in [-0.15, -0.1) is 0 Å². The Morgan fingerprint density at radius 2 is 1.40 bits per heavy atom. The largest absolute Gasteiger partial charge is 0.417 e. The van der Waals surface area contributed by atoms with Crippen molar-refractivity contribution in [2.24, 2.45) is 0 Å². The van der Waals surface area contributed by atoms with Crippen molar-refractivity contribution in [2.75, 3.05) is 0 Å². The monoisotopic (exact) mass is 340 g/mol. The van der Waals surface area contributed by atoms with Crippen molar-refractivity contribution in [2.45, 2.75) is 17.2 Å². The van der Waals surface area contributed by atoms with E-state index in [-0.39, 0.29) is 6.07 Å². The zero-order chi connectivity index (χ0) is 15.9. The van der Waals surface area contributed by atoms with Crippen molar-refractivity contribution in [3.63, 3.8) is 0 Å². The highest BCUT2D eigenvalue weighted by molar-refractivity contribution is 8.13. The number of aldehydes is 1. The van der Waals surface area contributed by atoms with Crippen LogP contribution in [-0.4, -0.2) is 14.7 Å². The standard InChI is InChI=1S/C9H3ClF6O3S/c10-20(18,19)7-1-4(3-17)5(8(11,12)13)2-6(7)9(14,15)16/h1-3H. The summed E-state index contributed by atoms with van der Waals surface area (Å²) in [5, 5.41) is 0. The maximum absolute atomic E-state index is 12.6. The molecule has 112 valence electrons. The predicted molar refractivity (Wildman–Crippen MR) is 54.9 cm³/mol. The third-order valence-corrected chi connectivity index (χ3v) is 3.51. The smallest absolute Gasteiger partial charge is 0.298 e. The van der Waals surface area contributed by atoms with Crippen LogP contribution < -0.4 is 0 Å². The highest BCUT2D eigenvalue weighted by atomic mass is 35.7. The molecular formula is C9H3ClF6O3S. The summed E-state index contributed by atoms with van der Waals surface area (Å²) in [6.07, 6.45) is -11.1. The molecule has 20 heavy (non-hydrogen) atoms. The van der Waals surface area contributed by atoms with Gasteiger partial charge in [-0.05, 0) is 12.1 Å². The second kappa shape index (κ2) is 4.92. The summed E-state index contributed by atoms with van der Waals surface area (Å²) in [4.78, 5) is 8.89. The number of rotatable bonds is 2. The van der Waals surface area contributed by atoms with E-state index in [1.807, 2.05) is 0 Å². The Hall–Kier alpha value is -1.29. The fourth-order valence-corrected chi connectivity index (χ4v) is 2.45. The molecule has 1 rings (SSSR count). The average molecular weight is 341 g/mol. The van der Waals surface area contributed by atoms with Crippen LogP contribution in [0.1, 0.15) is 21.5 Å². The van der Waals surface area contributed by atoms with Crippen molar-refractivity contribution in [1.82, 2.24) is 0 Å². The lowest BCUT2D eigenvalue weighted by atomic mass is 10.0. The van der Waals surface area contributed by atoms with Crippen LogP contribution in [0.2, 0.25) is 0 Å². The van der Waals surface area contributed by atoms with Crippen LogP contribution in [-0.2, 0) is 21.4 Å². The number of hydrogen-bond donors (Lipinski definition) is 0. The van der Waals surface area contributed by atoms with Crippen molar-refractivity contribution in [3.8, 4) is 0 Å². The van der Waals surface area contributed by atoms with Crippen LogP contribution >= 0.6 is 10.7 Å². The number of hydrogen-bond acceptors (Lipinski definition) is 3.